The summed E-state index contributed by atoms with van der Waals surface area (Å²) < 4.78 is 53.0. The third-order valence-corrected chi connectivity index (χ3v) is 6.02. The normalized spacial score (nSPS) is 25.1. The molecule has 4 rings (SSSR count). The first-order valence-corrected chi connectivity index (χ1v) is 9.53. The smallest absolute Gasteiger partial charge is 0.294 e. The number of alkyl halides is 3. The van der Waals surface area contributed by atoms with Gasteiger partial charge in [-0.15, -0.1) is 0 Å². The average Bonchev–Trinajstić information content (AvgIpc) is 2.89. The lowest BCUT2D eigenvalue weighted by atomic mass is 9.84. The van der Waals surface area contributed by atoms with Crippen molar-refractivity contribution < 1.29 is 22.4 Å². The third-order valence-electron chi connectivity index (χ3n) is 6.02. The van der Waals surface area contributed by atoms with Crippen LogP contribution >= 0.6 is 0 Å². The van der Waals surface area contributed by atoms with Crippen molar-refractivity contribution in [1.29, 1.82) is 0 Å². The summed E-state index contributed by atoms with van der Waals surface area (Å²) in [5.74, 6) is -1.81. The Morgan fingerprint density at radius 1 is 1.00 bits per heavy atom. The zero-order valence-electron chi connectivity index (χ0n) is 15.3. The fraction of sp³-hybridized carbons (Fsp3) is 0.409. The highest BCUT2D eigenvalue weighted by Crippen LogP contribution is 2.41. The number of hydrogen-bond donors (Lipinski definition) is 0. The highest BCUT2D eigenvalue weighted by molar-refractivity contribution is 5.98. The summed E-state index contributed by atoms with van der Waals surface area (Å²) >= 11 is 0. The zero-order chi connectivity index (χ0) is 19.9. The molecule has 2 aromatic rings. The van der Waals surface area contributed by atoms with Crippen LogP contribution in [-0.2, 0) is 12.7 Å². The van der Waals surface area contributed by atoms with Crippen molar-refractivity contribution in [2.24, 2.45) is 5.92 Å². The van der Waals surface area contributed by atoms with Crippen molar-refractivity contribution in [3.05, 3.63) is 71.0 Å². The molecule has 2 heterocycles. The van der Waals surface area contributed by atoms with Gasteiger partial charge in [0.05, 0.1) is 11.1 Å². The molecule has 28 heavy (non-hydrogen) atoms. The molecule has 2 aliphatic heterocycles. The number of Topliss-reactive ketones (excluding diaryl/α,β-unsaturated/α-hetero) is 1. The van der Waals surface area contributed by atoms with Gasteiger partial charge in [0.1, 0.15) is 5.82 Å². The Morgan fingerprint density at radius 2 is 1.64 bits per heavy atom. The minimum atomic E-state index is -4.60. The van der Waals surface area contributed by atoms with E-state index in [0.717, 1.165) is 25.5 Å². The molecule has 0 aromatic heterocycles. The summed E-state index contributed by atoms with van der Waals surface area (Å²) in [6, 6.07) is 12.6. The van der Waals surface area contributed by atoms with E-state index in [9.17, 15) is 22.4 Å². The Bertz CT molecular complexity index is 851. The number of carbonyl (C=O) groups excluding carboxylic acids is 1. The van der Waals surface area contributed by atoms with Crippen LogP contribution in [0.2, 0.25) is 0 Å². The van der Waals surface area contributed by atoms with E-state index in [1.807, 2.05) is 18.2 Å². The van der Waals surface area contributed by atoms with Crippen LogP contribution in [0.5, 0.6) is 0 Å². The van der Waals surface area contributed by atoms with Gasteiger partial charge in [0.25, 0.3) is 0 Å². The molecule has 0 N–H and O–H groups in total. The molecule has 6 heteroatoms. The van der Waals surface area contributed by atoms with E-state index in [-0.39, 0.29) is 12.1 Å². The molecule has 2 unspecified atom stereocenters. The van der Waals surface area contributed by atoms with Crippen LogP contribution in [0.1, 0.15) is 47.2 Å². The molecule has 2 fully saturated rings. The molecule has 148 valence electrons. The highest BCUT2D eigenvalue weighted by atomic mass is 19.4. The van der Waals surface area contributed by atoms with E-state index in [0.29, 0.717) is 25.0 Å². The number of nitrogens with zero attached hydrogens (tertiary/aromatic N) is 1. The molecule has 0 radical (unpaired) electrons. The molecule has 0 spiro atoms. The van der Waals surface area contributed by atoms with Crippen LogP contribution in [0.25, 0.3) is 0 Å². The monoisotopic (exact) mass is 391 g/mol. The molecule has 0 saturated carbocycles. The van der Waals surface area contributed by atoms with Gasteiger partial charge < -0.3 is 0 Å². The second-order valence-corrected chi connectivity index (χ2v) is 7.77. The van der Waals surface area contributed by atoms with E-state index in [1.54, 1.807) is 0 Å². The fourth-order valence-corrected chi connectivity index (χ4v) is 4.65. The van der Waals surface area contributed by atoms with E-state index >= 15 is 0 Å². The molecular formula is C22H21F4NO. The van der Waals surface area contributed by atoms with E-state index in [1.165, 1.54) is 5.56 Å². The largest absolute Gasteiger partial charge is 0.416 e. The molecule has 2 saturated heterocycles. The van der Waals surface area contributed by atoms with Crippen molar-refractivity contribution in [3.63, 3.8) is 0 Å². The summed E-state index contributed by atoms with van der Waals surface area (Å²) in [5.41, 5.74) is -0.217. The molecule has 2 bridgehead atoms. The topological polar surface area (TPSA) is 20.3 Å². The molecule has 2 aliphatic rings. The lowest BCUT2D eigenvalue weighted by Gasteiger charge is -2.38. The second-order valence-electron chi connectivity index (χ2n) is 7.77. The molecule has 0 amide bonds. The number of halogens is 4. The van der Waals surface area contributed by atoms with Crippen LogP contribution in [0, 0.1) is 11.7 Å². The van der Waals surface area contributed by atoms with E-state index in [4.69, 9.17) is 0 Å². The Balaban J connectivity index is 1.51. The Kier molecular flexibility index (Phi) is 5.00. The van der Waals surface area contributed by atoms with Gasteiger partial charge in [-0.05, 0) is 49.4 Å². The minimum absolute atomic E-state index is 0.210. The van der Waals surface area contributed by atoms with Gasteiger partial charge in [0.2, 0.25) is 0 Å². The number of hydrogen-bond acceptors (Lipinski definition) is 2. The summed E-state index contributed by atoms with van der Waals surface area (Å²) in [5, 5.41) is 0. The number of benzene rings is 2. The van der Waals surface area contributed by atoms with Crippen LogP contribution in [0.3, 0.4) is 0 Å². The molecule has 2 atom stereocenters. The van der Waals surface area contributed by atoms with Gasteiger partial charge >= 0.3 is 6.18 Å². The number of rotatable bonds is 4. The van der Waals surface area contributed by atoms with Crippen LogP contribution in [-0.4, -0.2) is 22.8 Å². The molecule has 0 aliphatic carbocycles. The summed E-state index contributed by atoms with van der Waals surface area (Å²) in [7, 11) is 0. The average molecular weight is 391 g/mol. The van der Waals surface area contributed by atoms with E-state index in [2.05, 4.69) is 17.0 Å². The number of carbonyl (C=O) groups is 1. The SMILES string of the molecule is O=C(c1cc(C(F)(F)F)ccc1F)C1CC2CCC(C1)N2Cc1ccccc1. The van der Waals surface area contributed by atoms with Crippen LogP contribution in [0.4, 0.5) is 17.6 Å². The van der Waals surface area contributed by atoms with Crippen molar-refractivity contribution in [2.75, 3.05) is 0 Å². The fourth-order valence-electron chi connectivity index (χ4n) is 4.65. The Labute approximate surface area is 161 Å². The Hall–Kier alpha value is -2.21. The quantitative estimate of drug-likeness (QED) is 0.509. The third kappa shape index (κ3) is 3.70. The van der Waals surface area contributed by atoms with Gasteiger partial charge in [0.15, 0.2) is 5.78 Å². The first-order chi connectivity index (χ1) is 13.3. The molecule has 2 nitrogen and oxygen atoms in total. The number of ketones is 1. The first-order valence-electron chi connectivity index (χ1n) is 9.53. The summed E-state index contributed by atoms with van der Waals surface area (Å²) in [4.78, 5) is 15.2. The van der Waals surface area contributed by atoms with Crippen molar-refractivity contribution in [1.82, 2.24) is 4.90 Å². The second kappa shape index (κ2) is 7.32. The van der Waals surface area contributed by atoms with Gasteiger partial charge in [-0.25, -0.2) is 4.39 Å². The lowest BCUT2D eigenvalue weighted by molar-refractivity contribution is -0.137. The maximum Gasteiger partial charge on any atom is 0.416 e. The maximum atomic E-state index is 14.1. The summed E-state index contributed by atoms with van der Waals surface area (Å²) in [6.07, 6.45) is -1.53. The van der Waals surface area contributed by atoms with Crippen molar-refractivity contribution >= 4 is 5.78 Å². The van der Waals surface area contributed by atoms with Gasteiger partial charge in [-0.1, -0.05) is 30.3 Å². The first kappa shape index (κ1) is 19.1. The van der Waals surface area contributed by atoms with Crippen LogP contribution < -0.4 is 0 Å². The maximum absolute atomic E-state index is 14.1. The van der Waals surface area contributed by atoms with Crippen LogP contribution in [0.15, 0.2) is 48.5 Å². The zero-order valence-corrected chi connectivity index (χ0v) is 15.3. The molecule has 2 aromatic carbocycles. The number of piperidine rings is 1. The van der Waals surface area contributed by atoms with Gasteiger partial charge in [-0.3, -0.25) is 9.69 Å². The minimum Gasteiger partial charge on any atom is -0.294 e. The van der Waals surface area contributed by atoms with Gasteiger partial charge in [-0.2, -0.15) is 13.2 Å². The lowest BCUT2D eigenvalue weighted by Crippen LogP contribution is -2.44. The highest BCUT2D eigenvalue weighted by Gasteiger charge is 2.43. The predicted molar refractivity (Wildman–Crippen MR) is 97.3 cm³/mol. The predicted octanol–water partition coefficient (Wildman–Crippen LogP) is 5.47. The van der Waals surface area contributed by atoms with Gasteiger partial charge in [0, 0.05) is 24.5 Å². The molecular weight excluding hydrogens is 370 g/mol. The Morgan fingerprint density at radius 3 is 2.25 bits per heavy atom. The van der Waals surface area contributed by atoms with Crippen molar-refractivity contribution in [2.45, 2.75) is 50.5 Å². The summed E-state index contributed by atoms with van der Waals surface area (Å²) in [6.45, 7) is 0.801. The number of fused-ring (bicyclic) bond motifs is 2. The van der Waals surface area contributed by atoms with Crippen molar-refractivity contribution in [3.8, 4) is 0 Å². The standard InChI is InChI=1S/C22H21F4NO/c23-20-9-6-16(22(24,25)26)12-19(20)21(28)15-10-17-7-8-18(11-15)27(17)13-14-4-2-1-3-5-14/h1-6,9,12,15,17-18H,7-8,10-11,13H2. The van der Waals surface area contributed by atoms with E-state index < -0.39 is 34.8 Å².